The van der Waals surface area contributed by atoms with Crippen LogP contribution in [0, 0.1) is 11.3 Å². The monoisotopic (exact) mass is 315 g/mol. The van der Waals surface area contributed by atoms with Crippen LogP contribution in [-0.4, -0.2) is 34.5 Å². The van der Waals surface area contributed by atoms with Crippen LogP contribution in [0.3, 0.4) is 0 Å². The second-order valence-electron chi connectivity index (χ2n) is 5.31. The molecule has 0 spiro atoms. The second-order valence-corrected chi connectivity index (χ2v) is 5.31. The molecule has 0 radical (unpaired) electrons. The normalized spacial score (nSPS) is 11.0. The molecule has 1 aromatic rings. The Morgan fingerprint density at radius 3 is 2.52 bits per heavy atom. The van der Waals surface area contributed by atoms with Gasteiger partial charge in [0, 0.05) is 25.3 Å². The highest BCUT2D eigenvalue weighted by Gasteiger charge is 2.13. The molecule has 1 rings (SSSR count). The average Bonchev–Trinajstić information content (AvgIpc) is 2.51. The first-order valence-electron chi connectivity index (χ1n) is 7.35. The van der Waals surface area contributed by atoms with Crippen molar-refractivity contribution in [2.24, 2.45) is 0 Å². The summed E-state index contributed by atoms with van der Waals surface area (Å²) in [4.78, 5) is 24.3. The summed E-state index contributed by atoms with van der Waals surface area (Å²) < 4.78 is 0. The van der Waals surface area contributed by atoms with Gasteiger partial charge < -0.3 is 15.3 Å². The van der Waals surface area contributed by atoms with Gasteiger partial charge in [0.2, 0.25) is 0 Å². The summed E-state index contributed by atoms with van der Waals surface area (Å²) in [5.74, 6) is -1.56. The van der Waals surface area contributed by atoms with E-state index in [1.165, 1.54) is 6.20 Å². The fourth-order valence-electron chi connectivity index (χ4n) is 1.85. The van der Waals surface area contributed by atoms with E-state index in [4.69, 9.17) is 5.11 Å². The van der Waals surface area contributed by atoms with Crippen molar-refractivity contribution in [2.75, 3.05) is 6.54 Å². The largest absolute Gasteiger partial charge is 0.481 e. The van der Waals surface area contributed by atoms with Crippen molar-refractivity contribution in [3.05, 3.63) is 47.7 Å². The lowest BCUT2D eigenvalue weighted by Crippen LogP contribution is -2.30. The van der Waals surface area contributed by atoms with Crippen molar-refractivity contribution in [1.29, 1.82) is 5.26 Å². The molecule has 0 heterocycles. The third-order valence-electron chi connectivity index (χ3n) is 3.16. The van der Waals surface area contributed by atoms with Crippen LogP contribution in [0.4, 0.5) is 0 Å². The standard InChI is InChI=1S/C17H21N3O3/c1-13(2)20(11-14-6-4-3-5-7-14)12-15(10-18)17(23)19-9-8-16(21)22/h3-7,12-13H,8-9,11H2,1-2H3,(H,19,23)(H,21,22)/b15-12-. The van der Waals surface area contributed by atoms with Crippen LogP contribution >= 0.6 is 0 Å². The number of carbonyl (C=O) groups is 2. The first-order chi connectivity index (χ1) is 10.9. The molecular weight excluding hydrogens is 294 g/mol. The van der Waals surface area contributed by atoms with Gasteiger partial charge in [-0.25, -0.2) is 0 Å². The molecule has 0 aliphatic carbocycles. The minimum Gasteiger partial charge on any atom is -0.481 e. The van der Waals surface area contributed by atoms with Gasteiger partial charge in [0.05, 0.1) is 6.42 Å². The third kappa shape index (κ3) is 6.66. The number of hydrogen-bond donors (Lipinski definition) is 2. The highest BCUT2D eigenvalue weighted by Crippen LogP contribution is 2.10. The molecule has 6 heteroatoms. The molecule has 1 amide bonds. The molecule has 0 saturated carbocycles. The Morgan fingerprint density at radius 1 is 1.35 bits per heavy atom. The van der Waals surface area contributed by atoms with Crippen molar-refractivity contribution in [1.82, 2.24) is 10.2 Å². The van der Waals surface area contributed by atoms with Gasteiger partial charge in [-0.05, 0) is 19.4 Å². The Morgan fingerprint density at radius 2 is 2.00 bits per heavy atom. The van der Waals surface area contributed by atoms with E-state index in [2.05, 4.69) is 5.32 Å². The number of nitriles is 1. The lowest BCUT2D eigenvalue weighted by molar-refractivity contribution is -0.136. The summed E-state index contributed by atoms with van der Waals surface area (Å²) >= 11 is 0. The SMILES string of the molecule is CC(C)N(/C=C(/C#N)C(=O)NCCC(=O)O)Cc1ccccc1. The summed E-state index contributed by atoms with van der Waals surface area (Å²) in [6.45, 7) is 4.51. The molecule has 0 unspecified atom stereocenters. The second kappa shape index (κ2) is 9.26. The van der Waals surface area contributed by atoms with Crippen molar-refractivity contribution in [3.63, 3.8) is 0 Å². The van der Waals surface area contributed by atoms with Crippen molar-refractivity contribution < 1.29 is 14.7 Å². The average molecular weight is 315 g/mol. The molecule has 0 atom stereocenters. The van der Waals surface area contributed by atoms with E-state index in [0.717, 1.165) is 5.56 Å². The molecule has 0 fully saturated rings. The zero-order valence-electron chi connectivity index (χ0n) is 13.3. The quantitative estimate of drug-likeness (QED) is 0.564. The number of nitrogens with zero attached hydrogens (tertiary/aromatic N) is 2. The van der Waals surface area contributed by atoms with E-state index in [-0.39, 0.29) is 24.6 Å². The first kappa shape index (κ1) is 18.2. The molecule has 2 N–H and O–H groups in total. The van der Waals surface area contributed by atoms with Gasteiger partial charge in [0.1, 0.15) is 11.6 Å². The van der Waals surface area contributed by atoms with E-state index in [0.29, 0.717) is 6.54 Å². The van der Waals surface area contributed by atoms with Gasteiger partial charge in [-0.1, -0.05) is 30.3 Å². The van der Waals surface area contributed by atoms with Crippen LogP contribution < -0.4 is 5.32 Å². The van der Waals surface area contributed by atoms with Crippen molar-refractivity contribution in [2.45, 2.75) is 32.9 Å². The van der Waals surface area contributed by atoms with E-state index < -0.39 is 11.9 Å². The smallest absolute Gasteiger partial charge is 0.305 e. The summed E-state index contributed by atoms with van der Waals surface area (Å²) in [5.41, 5.74) is 1.03. The van der Waals surface area contributed by atoms with Crippen LogP contribution in [0.15, 0.2) is 42.1 Å². The van der Waals surface area contributed by atoms with E-state index >= 15 is 0 Å². The number of carboxylic acid groups (broad SMARTS) is 1. The zero-order valence-corrected chi connectivity index (χ0v) is 13.3. The Bertz CT molecular complexity index is 603. The molecule has 0 bridgehead atoms. The lowest BCUT2D eigenvalue weighted by atomic mass is 10.2. The number of amides is 1. The summed E-state index contributed by atoms with van der Waals surface area (Å²) in [5, 5.41) is 20.2. The molecule has 0 aromatic heterocycles. The van der Waals surface area contributed by atoms with Crippen molar-refractivity contribution in [3.8, 4) is 6.07 Å². The first-order valence-corrected chi connectivity index (χ1v) is 7.35. The third-order valence-corrected chi connectivity index (χ3v) is 3.16. The van der Waals surface area contributed by atoms with Crippen LogP contribution in [0.25, 0.3) is 0 Å². The topological polar surface area (TPSA) is 93.4 Å². The number of nitrogens with one attached hydrogen (secondary N) is 1. The van der Waals surface area contributed by atoms with Gasteiger partial charge in [-0.3, -0.25) is 9.59 Å². The van der Waals surface area contributed by atoms with E-state index in [9.17, 15) is 14.9 Å². The highest BCUT2D eigenvalue weighted by atomic mass is 16.4. The zero-order chi connectivity index (χ0) is 17.2. The summed E-state index contributed by atoms with van der Waals surface area (Å²) in [6, 6.07) is 11.7. The predicted octanol–water partition coefficient (Wildman–Crippen LogP) is 1.90. The summed E-state index contributed by atoms with van der Waals surface area (Å²) in [6.07, 6.45) is 1.34. The van der Waals surface area contributed by atoms with Crippen LogP contribution in [0.2, 0.25) is 0 Å². The number of carboxylic acids is 1. The van der Waals surface area contributed by atoms with Gasteiger partial charge in [0.25, 0.3) is 5.91 Å². The van der Waals surface area contributed by atoms with Crippen molar-refractivity contribution >= 4 is 11.9 Å². The fraction of sp³-hybridized carbons (Fsp3) is 0.353. The molecule has 0 aliphatic heterocycles. The van der Waals surface area contributed by atoms with Gasteiger partial charge in [-0.2, -0.15) is 5.26 Å². The Kier molecular flexibility index (Phi) is 7.34. The number of rotatable bonds is 8. The lowest BCUT2D eigenvalue weighted by Gasteiger charge is -2.25. The van der Waals surface area contributed by atoms with Crippen LogP contribution in [-0.2, 0) is 16.1 Å². The Labute approximate surface area is 136 Å². The molecule has 0 aliphatic rings. The summed E-state index contributed by atoms with van der Waals surface area (Å²) in [7, 11) is 0. The fourth-order valence-corrected chi connectivity index (χ4v) is 1.85. The Balaban J connectivity index is 2.80. The number of hydrogen-bond acceptors (Lipinski definition) is 4. The van der Waals surface area contributed by atoms with E-state index in [1.807, 2.05) is 55.1 Å². The maximum absolute atomic E-state index is 11.9. The maximum atomic E-state index is 11.9. The molecule has 122 valence electrons. The number of benzene rings is 1. The minimum atomic E-state index is -0.999. The predicted molar refractivity (Wildman–Crippen MR) is 86.1 cm³/mol. The molecule has 0 saturated heterocycles. The Hall–Kier alpha value is -2.81. The van der Waals surface area contributed by atoms with E-state index in [1.54, 1.807) is 0 Å². The number of aliphatic carboxylic acids is 1. The molecule has 23 heavy (non-hydrogen) atoms. The van der Waals surface area contributed by atoms with Gasteiger partial charge in [-0.15, -0.1) is 0 Å². The maximum Gasteiger partial charge on any atom is 0.305 e. The highest BCUT2D eigenvalue weighted by molar-refractivity contribution is 5.97. The van der Waals surface area contributed by atoms with Crippen LogP contribution in [0.5, 0.6) is 0 Å². The minimum absolute atomic E-state index is 0.00640. The number of carbonyl (C=O) groups excluding carboxylic acids is 1. The van der Waals surface area contributed by atoms with Gasteiger partial charge in [0.15, 0.2) is 0 Å². The molecule has 6 nitrogen and oxygen atoms in total. The van der Waals surface area contributed by atoms with Gasteiger partial charge >= 0.3 is 5.97 Å². The molecular formula is C17H21N3O3. The molecule has 1 aromatic carbocycles. The van der Waals surface area contributed by atoms with Crippen LogP contribution in [0.1, 0.15) is 25.8 Å².